The molecule has 18 heavy (non-hydrogen) atoms. The number of amides is 1. The van der Waals surface area contributed by atoms with Crippen molar-refractivity contribution in [2.75, 3.05) is 6.54 Å². The highest BCUT2D eigenvalue weighted by Gasteiger charge is 2.30. The summed E-state index contributed by atoms with van der Waals surface area (Å²) in [4.78, 5) is 38.0. The molecule has 2 rings (SSSR count). The Kier molecular flexibility index (Phi) is 3.45. The number of hydrogen-bond donors (Lipinski definition) is 2. The number of carboxylic acids is 1. The second-order valence-electron chi connectivity index (χ2n) is 4.33. The summed E-state index contributed by atoms with van der Waals surface area (Å²) in [6.07, 6.45) is 2.86. The van der Waals surface area contributed by atoms with Crippen molar-refractivity contribution in [3.05, 3.63) is 34.2 Å². The summed E-state index contributed by atoms with van der Waals surface area (Å²) in [5.41, 5.74) is -0.0362. The zero-order valence-electron chi connectivity index (χ0n) is 9.76. The molecule has 0 radical (unpaired) electrons. The Morgan fingerprint density at radius 3 is 2.94 bits per heavy atom. The predicted octanol–water partition coefficient (Wildman–Crippen LogP) is 0.454. The molecule has 1 aromatic rings. The minimum Gasteiger partial charge on any atom is -0.481 e. The molecular formula is C12H14N2O4. The highest BCUT2D eigenvalue weighted by atomic mass is 16.4. The number of nitrogens with zero attached hydrogens (tertiary/aromatic N) is 1. The van der Waals surface area contributed by atoms with Crippen molar-refractivity contribution in [1.82, 2.24) is 9.88 Å². The van der Waals surface area contributed by atoms with E-state index in [-0.39, 0.29) is 23.9 Å². The molecule has 0 aliphatic carbocycles. The fraction of sp³-hybridized carbons (Fsp3) is 0.417. The largest absolute Gasteiger partial charge is 0.481 e. The summed E-state index contributed by atoms with van der Waals surface area (Å²) in [6, 6.07) is 2.49. The zero-order chi connectivity index (χ0) is 13.1. The first-order chi connectivity index (χ1) is 8.58. The average molecular weight is 250 g/mol. The third kappa shape index (κ3) is 2.58. The number of aromatic nitrogens is 1. The van der Waals surface area contributed by atoms with E-state index in [2.05, 4.69) is 4.98 Å². The maximum absolute atomic E-state index is 12.2. The Balaban J connectivity index is 2.17. The summed E-state index contributed by atoms with van der Waals surface area (Å²) in [5, 5.41) is 8.80. The molecule has 1 amide bonds. The van der Waals surface area contributed by atoms with Crippen LogP contribution in [0.15, 0.2) is 23.1 Å². The van der Waals surface area contributed by atoms with Gasteiger partial charge in [0.2, 0.25) is 5.56 Å². The number of pyridine rings is 1. The second-order valence-corrected chi connectivity index (χ2v) is 4.33. The number of carbonyl (C=O) groups is 2. The van der Waals surface area contributed by atoms with E-state index in [9.17, 15) is 14.4 Å². The van der Waals surface area contributed by atoms with E-state index in [1.165, 1.54) is 18.3 Å². The molecular weight excluding hydrogens is 236 g/mol. The van der Waals surface area contributed by atoms with Crippen LogP contribution in [-0.2, 0) is 4.79 Å². The van der Waals surface area contributed by atoms with Gasteiger partial charge in [0.1, 0.15) is 0 Å². The Bertz CT molecular complexity index is 523. The number of nitrogens with one attached hydrogen (secondary N) is 1. The van der Waals surface area contributed by atoms with Crippen molar-refractivity contribution in [1.29, 1.82) is 0 Å². The number of aliphatic carboxylic acids is 1. The van der Waals surface area contributed by atoms with Gasteiger partial charge in [0.15, 0.2) is 0 Å². The number of H-pyrrole nitrogens is 1. The lowest BCUT2D eigenvalue weighted by atomic mass is 10.1. The van der Waals surface area contributed by atoms with Crippen molar-refractivity contribution < 1.29 is 14.7 Å². The van der Waals surface area contributed by atoms with Crippen molar-refractivity contribution >= 4 is 11.9 Å². The lowest BCUT2D eigenvalue weighted by Gasteiger charge is -2.23. The van der Waals surface area contributed by atoms with Crippen LogP contribution in [-0.4, -0.2) is 39.5 Å². The van der Waals surface area contributed by atoms with E-state index in [1.807, 2.05) is 0 Å². The van der Waals surface area contributed by atoms with E-state index in [4.69, 9.17) is 5.11 Å². The minimum atomic E-state index is -0.911. The zero-order valence-corrected chi connectivity index (χ0v) is 9.76. The van der Waals surface area contributed by atoms with Crippen LogP contribution < -0.4 is 5.56 Å². The van der Waals surface area contributed by atoms with Crippen LogP contribution in [0.25, 0.3) is 0 Å². The van der Waals surface area contributed by atoms with Gasteiger partial charge in [-0.2, -0.15) is 0 Å². The first-order valence-electron chi connectivity index (χ1n) is 5.79. The summed E-state index contributed by atoms with van der Waals surface area (Å²) in [6.45, 7) is 0.545. The van der Waals surface area contributed by atoms with Gasteiger partial charge in [0.25, 0.3) is 5.91 Å². The summed E-state index contributed by atoms with van der Waals surface area (Å²) < 4.78 is 0. The third-order valence-electron chi connectivity index (χ3n) is 3.07. The molecule has 1 aliphatic heterocycles. The van der Waals surface area contributed by atoms with Crippen LogP contribution in [0.5, 0.6) is 0 Å². The van der Waals surface area contributed by atoms with Crippen molar-refractivity contribution in [2.45, 2.75) is 25.3 Å². The van der Waals surface area contributed by atoms with Crippen molar-refractivity contribution in [3.8, 4) is 0 Å². The second kappa shape index (κ2) is 5.03. The van der Waals surface area contributed by atoms with Gasteiger partial charge in [-0.3, -0.25) is 14.4 Å². The van der Waals surface area contributed by atoms with Crippen LogP contribution in [0.4, 0.5) is 0 Å². The molecule has 1 aromatic heterocycles. The minimum absolute atomic E-state index is 0.0467. The van der Waals surface area contributed by atoms with Crippen LogP contribution in [0.2, 0.25) is 0 Å². The number of carboxylic acid groups (broad SMARTS) is 1. The highest BCUT2D eigenvalue weighted by Crippen LogP contribution is 2.22. The van der Waals surface area contributed by atoms with E-state index in [0.29, 0.717) is 18.5 Å². The van der Waals surface area contributed by atoms with E-state index >= 15 is 0 Å². The number of aromatic amines is 1. The first-order valence-corrected chi connectivity index (χ1v) is 5.79. The smallest absolute Gasteiger partial charge is 0.305 e. The molecule has 1 fully saturated rings. The van der Waals surface area contributed by atoms with Gasteiger partial charge in [-0.25, -0.2) is 0 Å². The SMILES string of the molecule is O=C(O)CC1CCCN1C(=O)c1cc[nH]c(=O)c1. The molecule has 96 valence electrons. The fourth-order valence-electron chi connectivity index (χ4n) is 2.26. The molecule has 6 heteroatoms. The maximum Gasteiger partial charge on any atom is 0.305 e. The van der Waals surface area contributed by atoms with Gasteiger partial charge in [-0.1, -0.05) is 0 Å². The molecule has 1 atom stereocenters. The third-order valence-corrected chi connectivity index (χ3v) is 3.07. The predicted molar refractivity (Wildman–Crippen MR) is 63.4 cm³/mol. The number of hydrogen-bond acceptors (Lipinski definition) is 3. The molecule has 1 unspecified atom stereocenters. The van der Waals surface area contributed by atoms with Crippen LogP contribution >= 0.6 is 0 Å². The lowest BCUT2D eigenvalue weighted by Crippen LogP contribution is -2.37. The molecule has 0 saturated carbocycles. The molecule has 1 saturated heterocycles. The van der Waals surface area contributed by atoms with Crippen molar-refractivity contribution in [2.24, 2.45) is 0 Å². The highest BCUT2D eigenvalue weighted by molar-refractivity contribution is 5.94. The average Bonchev–Trinajstić information content (AvgIpc) is 2.75. The van der Waals surface area contributed by atoms with Crippen LogP contribution in [0.3, 0.4) is 0 Å². The molecule has 6 nitrogen and oxygen atoms in total. The van der Waals surface area contributed by atoms with Gasteiger partial charge >= 0.3 is 5.97 Å². The van der Waals surface area contributed by atoms with Crippen LogP contribution in [0.1, 0.15) is 29.6 Å². The van der Waals surface area contributed by atoms with Crippen LogP contribution in [0, 0.1) is 0 Å². The number of likely N-dealkylation sites (tertiary alicyclic amines) is 1. The standard InChI is InChI=1S/C12H14N2O4/c15-10-6-8(3-4-13-10)12(18)14-5-1-2-9(14)7-11(16)17/h3-4,6,9H,1-2,5,7H2,(H,13,15)(H,16,17). The quantitative estimate of drug-likeness (QED) is 0.815. The van der Waals surface area contributed by atoms with Gasteiger partial charge < -0.3 is 15.0 Å². The molecule has 0 aromatic carbocycles. The lowest BCUT2D eigenvalue weighted by molar-refractivity contribution is -0.137. The normalized spacial score (nSPS) is 18.9. The molecule has 0 spiro atoms. The van der Waals surface area contributed by atoms with Gasteiger partial charge in [-0.15, -0.1) is 0 Å². The Labute approximate surface area is 103 Å². The first kappa shape index (κ1) is 12.3. The monoisotopic (exact) mass is 250 g/mol. The fourth-order valence-corrected chi connectivity index (χ4v) is 2.26. The number of rotatable bonds is 3. The van der Waals surface area contributed by atoms with E-state index in [0.717, 1.165) is 6.42 Å². The summed E-state index contributed by atoms with van der Waals surface area (Å²) in [7, 11) is 0. The van der Waals surface area contributed by atoms with Gasteiger partial charge in [0, 0.05) is 30.4 Å². The topological polar surface area (TPSA) is 90.5 Å². The Morgan fingerprint density at radius 2 is 2.28 bits per heavy atom. The Morgan fingerprint density at radius 1 is 1.50 bits per heavy atom. The summed E-state index contributed by atoms with van der Waals surface area (Å²) >= 11 is 0. The molecule has 0 bridgehead atoms. The van der Waals surface area contributed by atoms with Crippen molar-refractivity contribution in [3.63, 3.8) is 0 Å². The Hall–Kier alpha value is -2.11. The molecule has 2 heterocycles. The maximum atomic E-state index is 12.2. The van der Waals surface area contributed by atoms with E-state index in [1.54, 1.807) is 4.90 Å². The van der Waals surface area contributed by atoms with Gasteiger partial charge in [0.05, 0.1) is 6.42 Å². The number of carbonyl (C=O) groups excluding carboxylic acids is 1. The van der Waals surface area contributed by atoms with E-state index < -0.39 is 5.97 Å². The van der Waals surface area contributed by atoms with Gasteiger partial charge in [-0.05, 0) is 18.9 Å². The molecule has 2 N–H and O–H groups in total. The summed E-state index contributed by atoms with van der Waals surface area (Å²) in [5.74, 6) is -1.18. The molecule has 1 aliphatic rings.